The van der Waals surface area contributed by atoms with Crippen molar-refractivity contribution in [3.05, 3.63) is 23.8 Å². The third-order valence-electron chi connectivity index (χ3n) is 1.82. The summed E-state index contributed by atoms with van der Waals surface area (Å²) < 4.78 is 9.52. The molecule has 0 fully saturated rings. The normalized spacial score (nSPS) is 9.62. The Morgan fingerprint density at radius 2 is 2.06 bits per heavy atom. The summed E-state index contributed by atoms with van der Waals surface area (Å²) in [5, 5.41) is 9.49. The number of ketones is 1. The summed E-state index contributed by atoms with van der Waals surface area (Å²) in [6.07, 6.45) is 0. The molecule has 86 valence electrons. The molecule has 5 nitrogen and oxygen atoms in total. The molecule has 0 aliphatic carbocycles. The van der Waals surface area contributed by atoms with Gasteiger partial charge in [-0.1, -0.05) is 0 Å². The van der Waals surface area contributed by atoms with Crippen molar-refractivity contribution in [3.63, 3.8) is 0 Å². The SMILES string of the molecule is COC(=O)c1ccc(OCC(C)=O)cc1O. The second kappa shape index (κ2) is 5.16. The zero-order valence-corrected chi connectivity index (χ0v) is 9.02. The zero-order chi connectivity index (χ0) is 12.1. The number of rotatable bonds is 4. The van der Waals surface area contributed by atoms with E-state index in [9.17, 15) is 14.7 Å². The second-order valence-corrected chi connectivity index (χ2v) is 3.16. The molecule has 0 radical (unpaired) electrons. The molecule has 0 heterocycles. The summed E-state index contributed by atoms with van der Waals surface area (Å²) in [6, 6.07) is 4.11. The molecule has 1 aromatic rings. The van der Waals surface area contributed by atoms with E-state index < -0.39 is 5.97 Å². The lowest BCUT2D eigenvalue weighted by Crippen LogP contribution is -2.07. The summed E-state index contributed by atoms with van der Waals surface area (Å²) in [6.45, 7) is 1.32. The minimum Gasteiger partial charge on any atom is -0.507 e. The van der Waals surface area contributed by atoms with E-state index in [2.05, 4.69) is 4.74 Å². The Morgan fingerprint density at radius 3 is 2.56 bits per heavy atom. The van der Waals surface area contributed by atoms with Crippen LogP contribution in [0.15, 0.2) is 18.2 Å². The first-order valence-electron chi connectivity index (χ1n) is 4.58. The first-order chi connectivity index (χ1) is 7.54. The first kappa shape index (κ1) is 12.0. The first-order valence-corrected chi connectivity index (χ1v) is 4.58. The molecule has 16 heavy (non-hydrogen) atoms. The van der Waals surface area contributed by atoms with E-state index in [1.807, 2.05) is 0 Å². The number of aromatic hydroxyl groups is 1. The molecule has 0 aromatic heterocycles. The van der Waals surface area contributed by atoms with E-state index in [-0.39, 0.29) is 23.7 Å². The zero-order valence-electron chi connectivity index (χ0n) is 9.02. The highest BCUT2D eigenvalue weighted by atomic mass is 16.5. The number of hydrogen-bond donors (Lipinski definition) is 1. The summed E-state index contributed by atoms with van der Waals surface area (Å²) in [7, 11) is 1.22. The number of ether oxygens (including phenoxy) is 2. The molecular formula is C11H12O5. The predicted octanol–water partition coefficient (Wildman–Crippen LogP) is 1.15. The molecule has 1 N–H and O–H groups in total. The van der Waals surface area contributed by atoms with E-state index in [0.717, 1.165) is 0 Å². The van der Waals surface area contributed by atoms with Crippen molar-refractivity contribution >= 4 is 11.8 Å². The monoisotopic (exact) mass is 224 g/mol. The molecule has 0 spiro atoms. The van der Waals surface area contributed by atoms with Crippen LogP contribution in [0.5, 0.6) is 11.5 Å². The highest BCUT2D eigenvalue weighted by molar-refractivity contribution is 5.92. The lowest BCUT2D eigenvalue weighted by molar-refractivity contribution is -0.118. The van der Waals surface area contributed by atoms with Gasteiger partial charge >= 0.3 is 5.97 Å². The van der Waals surface area contributed by atoms with Crippen LogP contribution in [0.4, 0.5) is 0 Å². The van der Waals surface area contributed by atoms with Gasteiger partial charge in [0.15, 0.2) is 5.78 Å². The molecule has 0 aliphatic rings. The molecular weight excluding hydrogens is 212 g/mol. The van der Waals surface area contributed by atoms with Crippen LogP contribution in [0.2, 0.25) is 0 Å². The van der Waals surface area contributed by atoms with Gasteiger partial charge in [-0.2, -0.15) is 0 Å². The van der Waals surface area contributed by atoms with Gasteiger partial charge in [0.05, 0.1) is 7.11 Å². The number of Topliss-reactive ketones (excluding diaryl/α,β-unsaturated/α-hetero) is 1. The van der Waals surface area contributed by atoms with Gasteiger partial charge in [0, 0.05) is 6.07 Å². The third kappa shape index (κ3) is 2.98. The van der Waals surface area contributed by atoms with Gasteiger partial charge in [0.1, 0.15) is 23.7 Å². The highest BCUT2D eigenvalue weighted by Crippen LogP contribution is 2.24. The summed E-state index contributed by atoms with van der Waals surface area (Å²) in [4.78, 5) is 21.8. The molecule has 1 aromatic carbocycles. The molecule has 0 aliphatic heterocycles. The fraction of sp³-hybridized carbons (Fsp3) is 0.273. The maximum Gasteiger partial charge on any atom is 0.341 e. The van der Waals surface area contributed by atoms with Crippen LogP contribution in [-0.4, -0.2) is 30.6 Å². The van der Waals surface area contributed by atoms with Crippen LogP contribution in [-0.2, 0) is 9.53 Å². The number of methoxy groups -OCH3 is 1. The van der Waals surface area contributed by atoms with E-state index in [0.29, 0.717) is 5.75 Å². The number of carbonyl (C=O) groups excluding carboxylic acids is 2. The van der Waals surface area contributed by atoms with Crippen molar-refractivity contribution < 1.29 is 24.2 Å². The van der Waals surface area contributed by atoms with Gasteiger partial charge in [-0.15, -0.1) is 0 Å². The number of phenols is 1. The van der Waals surface area contributed by atoms with Crippen molar-refractivity contribution in [1.82, 2.24) is 0 Å². The van der Waals surface area contributed by atoms with Crippen molar-refractivity contribution in [2.24, 2.45) is 0 Å². The summed E-state index contributed by atoms with van der Waals surface area (Å²) >= 11 is 0. The van der Waals surface area contributed by atoms with Crippen LogP contribution in [0.1, 0.15) is 17.3 Å². The topological polar surface area (TPSA) is 72.8 Å². The number of benzene rings is 1. The van der Waals surface area contributed by atoms with Crippen molar-refractivity contribution in [3.8, 4) is 11.5 Å². The van der Waals surface area contributed by atoms with Crippen LogP contribution in [0.25, 0.3) is 0 Å². The van der Waals surface area contributed by atoms with Gasteiger partial charge in [0.25, 0.3) is 0 Å². The van der Waals surface area contributed by atoms with Crippen LogP contribution >= 0.6 is 0 Å². The fourth-order valence-corrected chi connectivity index (χ4v) is 1.07. The maximum absolute atomic E-state index is 11.1. The van der Waals surface area contributed by atoms with Crippen LogP contribution < -0.4 is 4.74 Å². The Labute approximate surface area is 92.6 Å². The summed E-state index contributed by atoms with van der Waals surface area (Å²) in [5.74, 6) is -0.680. The quantitative estimate of drug-likeness (QED) is 0.776. The van der Waals surface area contributed by atoms with Crippen LogP contribution in [0, 0.1) is 0 Å². The third-order valence-corrected chi connectivity index (χ3v) is 1.82. The summed E-state index contributed by atoms with van der Waals surface area (Å²) in [5.41, 5.74) is 0.0534. The average molecular weight is 224 g/mol. The van der Waals surface area contributed by atoms with Gasteiger partial charge in [-0.25, -0.2) is 4.79 Å². The predicted molar refractivity (Wildman–Crippen MR) is 55.6 cm³/mol. The average Bonchev–Trinajstić information content (AvgIpc) is 2.25. The molecule has 5 heteroatoms. The van der Waals surface area contributed by atoms with Gasteiger partial charge in [0.2, 0.25) is 0 Å². The lowest BCUT2D eigenvalue weighted by Gasteiger charge is -2.06. The largest absolute Gasteiger partial charge is 0.507 e. The lowest BCUT2D eigenvalue weighted by atomic mass is 10.2. The maximum atomic E-state index is 11.1. The Bertz CT molecular complexity index is 411. The number of phenolic OH excluding ortho intramolecular Hbond substituents is 1. The number of carbonyl (C=O) groups is 2. The van der Waals surface area contributed by atoms with Gasteiger partial charge in [-0.3, -0.25) is 4.79 Å². The van der Waals surface area contributed by atoms with Gasteiger partial charge in [-0.05, 0) is 19.1 Å². The Balaban J connectivity index is 2.82. The fourth-order valence-electron chi connectivity index (χ4n) is 1.07. The standard InChI is InChI=1S/C11H12O5/c1-7(12)6-16-8-3-4-9(10(13)5-8)11(14)15-2/h3-5,13H,6H2,1-2H3. The molecule has 0 atom stereocenters. The Kier molecular flexibility index (Phi) is 3.88. The van der Waals surface area contributed by atoms with E-state index >= 15 is 0 Å². The molecule has 0 unspecified atom stereocenters. The van der Waals surface area contributed by atoms with E-state index in [4.69, 9.17) is 4.74 Å². The minimum absolute atomic E-state index is 0.0534. The van der Waals surface area contributed by atoms with Crippen molar-refractivity contribution in [2.75, 3.05) is 13.7 Å². The number of esters is 1. The molecule has 0 saturated heterocycles. The molecule has 0 saturated carbocycles. The van der Waals surface area contributed by atoms with E-state index in [1.54, 1.807) is 0 Å². The Morgan fingerprint density at radius 1 is 1.38 bits per heavy atom. The second-order valence-electron chi connectivity index (χ2n) is 3.16. The molecule has 0 bridgehead atoms. The van der Waals surface area contributed by atoms with Gasteiger partial charge < -0.3 is 14.6 Å². The smallest absolute Gasteiger partial charge is 0.341 e. The molecule has 1 rings (SSSR count). The Hall–Kier alpha value is -2.04. The minimum atomic E-state index is -0.629. The van der Waals surface area contributed by atoms with Crippen molar-refractivity contribution in [2.45, 2.75) is 6.92 Å². The van der Waals surface area contributed by atoms with Crippen LogP contribution in [0.3, 0.4) is 0 Å². The van der Waals surface area contributed by atoms with Crippen molar-refractivity contribution in [1.29, 1.82) is 0 Å². The number of hydrogen-bond acceptors (Lipinski definition) is 5. The molecule has 0 amide bonds. The van der Waals surface area contributed by atoms with E-state index in [1.165, 1.54) is 32.2 Å². The highest BCUT2D eigenvalue weighted by Gasteiger charge is 2.12.